The Kier molecular flexibility index (Phi) is 7.29. The Morgan fingerprint density at radius 1 is 0.844 bits per heavy atom. The number of likely N-dealkylation sites (N-methyl/N-ethyl adjacent to an activating group) is 2. The molecule has 4 aromatic carbocycles. The van der Waals surface area contributed by atoms with E-state index in [1.54, 1.807) is 13.2 Å². The van der Waals surface area contributed by atoms with Crippen LogP contribution in [0.25, 0.3) is 0 Å². The zero-order valence-electron chi connectivity index (χ0n) is 26.6. The van der Waals surface area contributed by atoms with Crippen molar-refractivity contribution < 1.29 is 33.6 Å². The van der Waals surface area contributed by atoms with Crippen LogP contribution >= 0.6 is 0 Å². The molecule has 6 bridgehead atoms. The first-order chi connectivity index (χ1) is 21.6. The predicted octanol–water partition coefficient (Wildman–Crippen LogP) is 6.07. The van der Waals surface area contributed by atoms with E-state index in [-0.39, 0.29) is 23.6 Å². The van der Waals surface area contributed by atoms with E-state index in [1.165, 1.54) is 18.2 Å². The number of benzene rings is 4. The highest BCUT2D eigenvalue weighted by Crippen LogP contribution is 2.50. The first kappa shape index (κ1) is 29.3. The average Bonchev–Trinajstić information content (AvgIpc) is 3.03. The number of methoxy groups -OCH3 is 2. The monoisotopic (exact) mass is 608 g/mol. The van der Waals surface area contributed by atoms with Gasteiger partial charge in [-0.1, -0.05) is 18.2 Å². The molecule has 4 aromatic rings. The van der Waals surface area contributed by atoms with E-state index in [0.717, 1.165) is 54.6 Å². The van der Waals surface area contributed by atoms with Gasteiger partial charge in [-0.05, 0) is 95.9 Å². The van der Waals surface area contributed by atoms with Crippen molar-refractivity contribution in [3.63, 3.8) is 0 Å². The fourth-order valence-corrected chi connectivity index (χ4v) is 7.25. The number of ether oxygens (including phenoxy) is 4. The molecule has 0 saturated heterocycles. The lowest BCUT2D eigenvalue weighted by Crippen LogP contribution is -2.48. The molecule has 8 rings (SSSR count). The van der Waals surface area contributed by atoms with Gasteiger partial charge in [0, 0.05) is 25.4 Å². The third kappa shape index (κ3) is 5.22. The van der Waals surface area contributed by atoms with Gasteiger partial charge in [0.05, 0.1) is 40.4 Å². The average molecular weight is 609 g/mol. The third-order valence-electron chi connectivity index (χ3n) is 9.98. The summed E-state index contributed by atoms with van der Waals surface area (Å²) in [5.74, 6) is 2.59. The zero-order chi connectivity index (χ0) is 31.5. The summed E-state index contributed by atoms with van der Waals surface area (Å²) in [7, 11) is 9.71. The number of phenols is 1. The second-order valence-corrected chi connectivity index (χ2v) is 13.1. The van der Waals surface area contributed by atoms with Gasteiger partial charge in [-0.2, -0.15) is 0 Å². The molecule has 4 aliphatic heterocycles. The molecule has 0 aromatic heterocycles. The van der Waals surface area contributed by atoms with Crippen LogP contribution in [0.4, 0.5) is 0 Å². The molecule has 0 spiro atoms. The fourth-order valence-electron chi connectivity index (χ4n) is 7.25. The van der Waals surface area contributed by atoms with Gasteiger partial charge in [0.15, 0.2) is 23.0 Å². The normalized spacial score (nSPS) is 20.2. The van der Waals surface area contributed by atoms with Crippen LogP contribution < -0.4 is 24.1 Å². The van der Waals surface area contributed by atoms with Gasteiger partial charge in [0.25, 0.3) is 0 Å². The Bertz CT molecular complexity index is 1770. The summed E-state index contributed by atoms with van der Waals surface area (Å²) in [6.45, 7) is 1.81. The number of phenolic OH excluding ortho intramolecular Hbond substituents is 1. The van der Waals surface area contributed by atoms with Crippen LogP contribution in [0.3, 0.4) is 0 Å². The van der Waals surface area contributed by atoms with Gasteiger partial charge >= 0.3 is 0 Å². The van der Waals surface area contributed by atoms with Gasteiger partial charge < -0.3 is 33.6 Å². The first-order valence-electron chi connectivity index (χ1n) is 15.6. The quantitative estimate of drug-likeness (QED) is 0.277. The standard InChI is InChI=1S/C37H40N2O6/c1-38-14-12-24-19-32(42-4)33-21-27(24)28(38)16-22-6-9-26(10-7-22)44-37-35-25(20-34(43-5)36(37)41)13-15-39(2,3)29(35)17-23-8-11-30(40)31(18-23)45-33/h6-11,18-21,28-29H,12-17H2,1-5H3,(H-,40,41)/t28-,29?/m0/s1. The highest BCUT2D eigenvalue weighted by atomic mass is 16.5. The van der Waals surface area contributed by atoms with Crippen LogP contribution in [0.1, 0.15) is 45.5 Å². The van der Waals surface area contributed by atoms with Gasteiger partial charge in [-0.3, -0.25) is 4.90 Å². The number of fused-ring (bicyclic) bond motifs is 2. The molecule has 8 heteroatoms. The third-order valence-corrected chi connectivity index (χ3v) is 9.98. The summed E-state index contributed by atoms with van der Waals surface area (Å²) in [5.41, 5.74) is 6.51. The molecule has 8 nitrogen and oxygen atoms in total. The molecule has 4 aliphatic rings. The molecule has 45 heavy (non-hydrogen) atoms. The number of aromatic hydroxyl groups is 1. The second-order valence-electron chi connectivity index (χ2n) is 13.1. The Hall–Kier alpha value is -4.40. The van der Waals surface area contributed by atoms with Crippen molar-refractivity contribution in [3.05, 3.63) is 94.0 Å². The van der Waals surface area contributed by atoms with E-state index in [2.05, 4.69) is 50.3 Å². The summed E-state index contributed by atoms with van der Waals surface area (Å²) in [4.78, 5) is 2.37. The van der Waals surface area contributed by atoms with Crippen molar-refractivity contribution >= 4 is 0 Å². The SMILES string of the molecule is COc1cc2c3cc1Oc1cc(ccc1O)CC1c4c(cc(OC)c([O-])c4Oc4ccc(cc4)C[C@@H]3N(C)CC2)CC[N+]1(C)C. The van der Waals surface area contributed by atoms with Crippen LogP contribution in [-0.4, -0.2) is 62.9 Å². The molecule has 4 heterocycles. The maximum atomic E-state index is 13.8. The molecule has 0 amide bonds. The molecule has 0 saturated carbocycles. The molecule has 2 atom stereocenters. The van der Waals surface area contributed by atoms with Crippen molar-refractivity contribution in [1.29, 1.82) is 0 Å². The number of hydrogen-bond acceptors (Lipinski definition) is 7. The van der Waals surface area contributed by atoms with Crippen LogP contribution in [0.15, 0.2) is 60.7 Å². The van der Waals surface area contributed by atoms with Crippen molar-refractivity contribution in [1.82, 2.24) is 4.90 Å². The highest BCUT2D eigenvalue weighted by Gasteiger charge is 2.39. The lowest BCUT2D eigenvalue weighted by Gasteiger charge is -2.44. The van der Waals surface area contributed by atoms with E-state index in [0.29, 0.717) is 45.4 Å². The molecule has 1 N–H and O–H groups in total. The number of nitrogens with zero attached hydrogens (tertiary/aromatic N) is 2. The molecular formula is C37H40N2O6. The van der Waals surface area contributed by atoms with Crippen LogP contribution in [-0.2, 0) is 25.7 Å². The van der Waals surface area contributed by atoms with Crippen molar-refractivity contribution in [3.8, 4) is 46.0 Å². The van der Waals surface area contributed by atoms with Crippen LogP contribution in [0, 0.1) is 0 Å². The first-order valence-corrected chi connectivity index (χ1v) is 15.6. The molecule has 1 unspecified atom stereocenters. The van der Waals surface area contributed by atoms with E-state index < -0.39 is 0 Å². The van der Waals surface area contributed by atoms with E-state index >= 15 is 0 Å². The summed E-state index contributed by atoms with van der Waals surface area (Å²) in [6.07, 6.45) is 3.09. The maximum Gasteiger partial charge on any atom is 0.169 e. The molecule has 0 fully saturated rings. The van der Waals surface area contributed by atoms with Crippen molar-refractivity contribution in [2.45, 2.75) is 37.8 Å². The van der Waals surface area contributed by atoms with E-state index in [4.69, 9.17) is 18.9 Å². The minimum absolute atomic E-state index is 0.0505. The van der Waals surface area contributed by atoms with Gasteiger partial charge in [0.1, 0.15) is 23.3 Å². The molecule has 0 radical (unpaired) electrons. The lowest BCUT2D eigenvalue weighted by molar-refractivity contribution is -0.923. The summed E-state index contributed by atoms with van der Waals surface area (Å²) in [6, 6.07) is 19.6. The number of quaternary nitrogens is 1. The van der Waals surface area contributed by atoms with Gasteiger partial charge in [-0.15, -0.1) is 0 Å². The number of hydrogen-bond donors (Lipinski definition) is 1. The lowest BCUT2D eigenvalue weighted by atomic mass is 9.86. The molecule has 234 valence electrons. The minimum atomic E-state index is -0.252. The smallest absolute Gasteiger partial charge is 0.169 e. The Balaban J connectivity index is 1.43. The van der Waals surface area contributed by atoms with Gasteiger partial charge in [0.2, 0.25) is 0 Å². The fraction of sp³-hybridized carbons (Fsp3) is 0.351. The van der Waals surface area contributed by atoms with Crippen molar-refractivity contribution in [2.75, 3.05) is 48.5 Å². The molecule has 0 aliphatic carbocycles. The largest absolute Gasteiger partial charge is 0.867 e. The Labute approximate surface area is 264 Å². The maximum absolute atomic E-state index is 13.8. The number of rotatable bonds is 2. The van der Waals surface area contributed by atoms with E-state index in [1.807, 2.05) is 30.3 Å². The van der Waals surface area contributed by atoms with Gasteiger partial charge in [-0.25, -0.2) is 0 Å². The predicted molar refractivity (Wildman–Crippen MR) is 170 cm³/mol. The van der Waals surface area contributed by atoms with Crippen molar-refractivity contribution in [2.24, 2.45) is 0 Å². The second kappa shape index (κ2) is 11.2. The zero-order valence-corrected chi connectivity index (χ0v) is 26.6. The summed E-state index contributed by atoms with van der Waals surface area (Å²) >= 11 is 0. The Morgan fingerprint density at radius 2 is 1.58 bits per heavy atom. The minimum Gasteiger partial charge on any atom is -0.867 e. The van der Waals surface area contributed by atoms with Crippen LogP contribution in [0.5, 0.6) is 46.0 Å². The van der Waals surface area contributed by atoms with Crippen LogP contribution in [0.2, 0.25) is 0 Å². The van der Waals surface area contributed by atoms with E-state index in [9.17, 15) is 10.2 Å². The molecular weight excluding hydrogens is 568 g/mol. The summed E-state index contributed by atoms with van der Waals surface area (Å²) in [5, 5.41) is 24.8. The topological polar surface area (TPSA) is 83.5 Å². The Morgan fingerprint density at radius 3 is 2.33 bits per heavy atom. The summed E-state index contributed by atoms with van der Waals surface area (Å²) < 4.78 is 25.0. The highest BCUT2D eigenvalue weighted by molar-refractivity contribution is 5.61.